The van der Waals surface area contributed by atoms with Crippen molar-refractivity contribution in [2.75, 3.05) is 27.2 Å². The van der Waals surface area contributed by atoms with Gasteiger partial charge in [0.05, 0.1) is 18.8 Å². The lowest BCUT2D eigenvalue weighted by Crippen LogP contribution is -2.21. The van der Waals surface area contributed by atoms with Gasteiger partial charge in [0.1, 0.15) is 0 Å². The zero-order chi connectivity index (χ0) is 14.4. The number of esters is 1. The third kappa shape index (κ3) is 4.63. The van der Waals surface area contributed by atoms with E-state index >= 15 is 0 Å². The van der Waals surface area contributed by atoms with Gasteiger partial charge in [-0.3, -0.25) is 0 Å². The maximum absolute atomic E-state index is 11.8. The fraction of sp³-hybridized carbons (Fsp3) is 0.769. The molecule has 6 nitrogen and oxygen atoms in total. The van der Waals surface area contributed by atoms with Crippen molar-refractivity contribution >= 4 is 5.97 Å². The van der Waals surface area contributed by atoms with Gasteiger partial charge in [-0.2, -0.15) is 0 Å². The first-order valence-electron chi connectivity index (χ1n) is 6.69. The Bertz CT molecular complexity index is 413. The van der Waals surface area contributed by atoms with Crippen LogP contribution in [-0.2, 0) is 17.7 Å². The van der Waals surface area contributed by atoms with Crippen LogP contribution in [-0.4, -0.2) is 53.1 Å². The summed E-state index contributed by atoms with van der Waals surface area (Å²) in [4.78, 5) is 13.9. The van der Waals surface area contributed by atoms with Crippen molar-refractivity contribution in [2.45, 2.75) is 33.7 Å². The third-order valence-electron chi connectivity index (χ3n) is 2.67. The molecule has 0 aliphatic heterocycles. The van der Waals surface area contributed by atoms with Gasteiger partial charge in [0.2, 0.25) is 0 Å². The SMILES string of the molecule is CCOC(=O)c1nnn(CCN(C)C)c1CC(C)C. The van der Waals surface area contributed by atoms with Crippen molar-refractivity contribution in [3.05, 3.63) is 11.4 Å². The quantitative estimate of drug-likeness (QED) is 0.696. The lowest BCUT2D eigenvalue weighted by molar-refractivity contribution is 0.0517. The topological polar surface area (TPSA) is 60.2 Å². The summed E-state index contributed by atoms with van der Waals surface area (Å²) in [6.45, 7) is 7.94. The van der Waals surface area contributed by atoms with E-state index in [4.69, 9.17) is 4.74 Å². The highest BCUT2D eigenvalue weighted by atomic mass is 16.5. The van der Waals surface area contributed by atoms with Gasteiger partial charge in [-0.1, -0.05) is 19.1 Å². The van der Waals surface area contributed by atoms with E-state index in [1.165, 1.54) is 0 Å². The summed E-state index contributed by atoms with van der Waals surface area (Å²) in [5.74, 6) is 0.0547. The summed E-state index contributed by atoms with van der Waals surface area (Å²) in [6.07, 6.45) is 0.772. The number of likely N-dealkylation sites (N-methyl/N-ethyl adjacent to an activating group) is 1. The molecule has 1 heterocycles. The first-order valence-corrected chi connectivity index (χ1v) is 6.69. The fourth-order valence-electron chi connectivity index (χ4n) is 1.75. The van der Waals surface area contributed by atoms with Crippen LogP contribution < -0.4 is 0 Å². The molecule has 0 atom stereocenters. The number of rotatable bonds is 7. The van der Waals surface area contributed by atoms with E-state index in [-0.39, 0.29) is 5.97 Å². The van der Waals surface area contributed by atoms with Crippen LogP contribution in [0.5, 0.6) is 0 Å². The van der Waals surface area contributed by atoms with Crippen LogP contribution in [0.2, 0.25) is 0 Å². The molecule has 0 N–H and O–H groups in total. The smallest absolute Gasteiger partial charge is 0.360 e. The molecule has 0 bridgehead atoms. The Labute approximate surface area is 114 Å². The Hall–Kier alpha value is -1.43. The molecule has 0 radical (unpaired) electrons. The lowest BCUT2D eigenvalue weighted by atomic mass is 10.1. The average molecular weight is 268 g/mol. The van der Waals surface area contributed by atoms with Gasteiger partial charge in [-0.05, 0) is 33.4 Å². The molecule has 0 saturated carbocycles. The van der Waals surface area contributed by atoms with E-state index in [2.05, 4.69) is 29.1 Å². The molecule has 1 aromatic rings. The van der Waals surface area contributed by atoms with Gasteiger partial charge >= 0.3 is 5.97 Å². The second-order valence-electron chi connectivity index (χ2n) is 5.23. The number of hydrogen-bond donors (Lipinski definition) is 0. The minimum absolute atomic E-state index is 0.352. The summed E-state index contributed by atoms with van der Waals surface area (Å²) in [7, 11) is 4.01. The van der Waals surface area contributed by atoms with Crippen molar-refractivity contribution < 1.29 is 9.53 Å². The molecule has 0 fully saturated rings. The van der Waals surface area contributed by atoms with E-state index in [1.54, 1.807) is 6.92 Å². The largest absolute Gasteiger partial charge is 0.461 e. The highest BCUT2D eigenvalue weighted by Gasteiger charge is 2.21. The summed E-state index contributed by atoms with van der Waals surface area (Å²) < 4.78 is 6.84. The van der Waals surface area contributed by atoms with Gasteiger partial charge in [0, 0.05) is 6.54 Å². The first kappa shape index (κ1) is 15.6. The molecule has 0 unspecified atom stereocenters. The number of hydrogen-bond acceptors (Lipinski definition) is 5. The molecule has 0 amide bonds. The van der Waals surface area contributed by atoms with E-state index in [0.29, 0.717) is 18.2 Å². The Morgan fingerprint density at radius 2 is 2.11 bits per heavy atom. The zero-order valence-electron chi connectivity index (χ0n) is 12.5. The fourth-order valence-corrected chi connectivity index (χ4v) is 1.75. The Balaban J connectivity index is 2.94. The molecular formula is C13H24N4O2. The standard InChI is InChI=1S/C13H24N4O2/c1-6-19-13(18)12-11(9-10(2)3)17(15-14-12)8-7-16(4)5/h10H,6-9H2,1-5H3. The van der Waals surface area contributed by atoms with Gasteiger partial charge < -0.3 is 9.64 Å². The second kappa shape index (κ2) is 7.23. The molecule has 6 heteroatoms. The van der Waals surface area contributed by atoms with Gasteiger partial charge in [-0.15, -0.1) is 5.10 Å². The highest BCUT2D eigenvalue weighted by molar-refractivity contribution is 5.88. The van der Waals surface area contributed by atoms with E-state index in [9.17, 15) is 4.79 Å². The van der Waals surface area contributed by atoms with Crippen LogP contribution in [0.4, 0.5) is 0 Å². The van der Waals surface area contributed by atoms with E-state index in [1.807, 2.05) is 18.8 Å². The Morgan fingerprint density at radius 3 is 2.63 bits per heavy atom. The maximum Gasteiger partial charge on any atom is 0.360 e. The van der Waals surface area contributed by atoms with Gasteiger partial charge in [0.15, 0.2) is 5.69 Å². The summed E-state index contributed by atoms with van der Waals surface area (Å²) >= 11 is 0. The Morgan fingerprint density at radius 1 is 1.42 bits per heavy atom. The van der Waals surface area contributed by atoms with E-state index in [0.717, 1.165) is 25.2 Å². The number of carbonyl (C=O) groups excluding carboxylic acids is 1. The number of aromatic nitrogens is 3. The van der Waals surface area contributed by atoms with Crippen molar-refractivity contribution in [3.63, 3.8) is 0 Å². The van der Waals surface area contributed by atoms with Crippen LogP contribution in [0, 0.1) is 5.92 Å². The van der Waals surface area contributed by atoms with Gasteiger partial charge in [0.25, 0.3) is 0 Å². The highest BCUT2D eigenvalue weighted by Crippen LogP contribution is 2.13. The molecule has 19 heavy (non-hydrogen) atoms. The molecule has 0 spiro atoms. The van der Waals surface area contributed by atoms with Crippen molar-refractivity contribution in [1.29, 1.82) is 0 Å². The summed E-state index contributed by atoms with van der Waals surface area (Å²) in [5.41, 5.74) is 1.23. The molecule has 1 aromatic heterocycles. The molecule has 108 valence electrons. The second-order valence-corrected chi connectivity index (χ2v) is 5.23. The predicted octanol–water partition coefficient (Wildman–Crippen LogP) is 1.21. The Kier molecular flexibility index (Phi) is 5.95. The van der Waals surface area contributed by atoms with Crippen LogP contribution in [0.3, 0.4) is 0 Å². The summed E-state index contributed by atoms with van der Waals surface area (Å²) in [6, 6.07) is 0. The maximum atomic E-state index is 11.8. The van der Waals surface area contributed by atoms with Crippen LogP contribution >= 0.6 is 0 Å². The van der Waals surface area contributed by atoms with Crippen LogP contribution in [0.1, 0.15) is 37.0 Å². The monoisotopic (exact) mass is 268 g/mol. The van der Waals surface area contributed by atoms with E-state index < -0.39 is 0 Å². The van der Waals surface area contributed by atoms with Gasteiger partial charge in [-0.25, -0.2) is 9.48 Å². The van der Waals surface area contributed by atoms with Crippen molar-refractivity contribution in [1.82, 2.24) is 19.9 Å². The van der Waals surface area contributed by atoms with Crippen molar-refractivity contribution in [2.24, 2.45) is 5.92 Å². The minimum atomic E-state index is -0.380. The molecule has 0 aliphatic rings. The zero-order valence-corrected chi connectivity index (χ0v) is 12.5. The predicted molar refractivity (Wildman–Crippen MR) is 73.1 cm³/mol. The molecule has 1 rings (SSSR count). The van der Waals surface area contributed by atoms with Crippen molar-refractivity contribution in [3.8, 4) is 0 Å². The van der Waals surface area contributed by atoms with Crippen LogP contribution in [0.25, 0.3) is 0 Å². The van der Waals surface area contributed by atoms with Crippen LogP contribution in [0.15, 0.2) is 0 Å². The first-order chi connectivity index (χ1) is 8.95. The lowest BCUT2D eigenvalue weighted by Gasteiger charge is -2.12. The normalized spacial score (nSPS) is 11.3. The summed E-state index contributed by atoms with van der Waals surface area (Å²) in [5, 5.41) is 8.07. The minimum Gasteiger partial charge on any atom is -0.461 e. The molecular weight excluding hydrogens is 244 g/mol. The third-order valence-corrected chi connectivity index (χ3v) is 2.67. The molecule has 0 saturated heterocycles. The number of ether oxygens (including phenoxy) is 1. The molecule has 0 aliphatic carbocycles. The molecule has 0 aromatic carbocycles. The number of carbonyl (C=O) groups is 1. The average Bonchev–Trinajstić information content (AvgIpc) is 2.69. The number of nitrogens with zero attached hydrogens (tertiary/aromatic N) is 4.